The molecule has 3 unspecified atom stereocenters. The van der Waals surface area contributed by atoms with E-state index in [9.17, 15) is 0 Å². The molecule has 2 nitrogen and oxygen atoms in total. The summed E-state index contributed by atoms with van der Waals surface area (Å²) in [6, 6.07) is 10.3. The van der Waals surface area contributed by atoms with Gasteiger partial charge in [0.25, 0.3) is 0 Å². The fourth-order valence-corrected chi connectivity index (χ4v) is 5.01. The first-order valence-electron chi connectivity index (χ1n) is 8.39. The molecule has 3 atom stereocenters. The molecule has 3 heteroatoms. The fraction of sp³-hybridized carbons (Fsp3) is 0.667. The van der Waals surface area contributed by atoms with E-state index in [2.05, 4.69) is 67.0 Å². The smallest absolute Gasteiger partial charge is 0.0263 e. The Kier molecular flexibility index (Phi) is 4.92. The zero-order valence-corrected chi connectivity index (χ0v) is 14.3. The Labute approximate surface area is 133 Å². The second kappa shape index (κ2) is 6.72. The molecule has 0 aliphatic carbocycles. The van der Waals surface area contributed by atoms with Crippen molar-refractivity contribution in [1.29, 1.82) is 0 Å². The van der Waals surface area contributed by atoms with E-state index < -0.39 is 0 Å². The van der Waals surface area contributed by atoms with Gasteiger partial charge in [0, 0.05) is 41.9 Å². The first kappa shape index (κ1) is 15.4. The standard InChI is InChI=1S/C18H28N2S/c1-4-15-11-20(17(10-19-15)13(2)3)12-16-9-14-7-5-6-8-18(14)21-16/h5-8,13,15-17,19H,4,9-12H2,1-3H3. The van der Waals surface area contributed by atoms with Crippen molar-refractivity contribution in [3.8, 4) is 0 Å². The van der Waals surface area contributed by atoms with Gasteiger partial charge in [0.15, 0.2) is 0 Å². The van der Waals surface area contributed by atoms with Crippen LogP contribution >= 0.6 is 11.8 Å². The highest BCUT2D eigenvalue weighted by Gasteiger charge is 2.32. The molecular formula is C18H28N2S. The Balaban J connectivity index is 1.65. The van der Waals surface area contributed by atoms with E-state index in [-0.39, 0.29) is 0 Å². The monoisotopic (exact) mass is 304 g/mol. The van der Waals surface area contributed by atoms with Gasteiger partial charge in [-0.25, -0.2) is 0 Å². The fourth-order valence-electron chi connectivity index (χ4n) is 3.66. The summed E-state index contributed by atoms with van der Waals surface area (Å²) in [5, 5.41) is 4.46. The third-order valence-corrected chi connectivity index (χ3v) is 6.26. The predicted molar refractivity (Wildman–Crippen MR) is 92.1 cm³/mol. The number of piperazine rings is 1. The molecule has 0 bridgehead atoms. The first-order chi connectivity index (χ1) is 10.2. The van der Waals surface area contributed by atoms with Crippen LogP contribution in [0.2, 0.25) is 0 Å². The molecule has 1 aromatic rings. The van der Waals surface area contributed by atoms with Crippen LogP contribution in [0.4, 0.5) is 0 Å². The van der Waals surface area contributed by atoms with E-state index in [1.807, 2.05) is 0 Å². The lowest BCUT2D eigenvalue weighted by Crippen LogP contribution is -2.59. The van der Waals surface area contributed by atoms with Crippen LogP contribution in [0.5, 0.6) is 0 Å². The Morgan fingerprint density at radius 3 is 2.86 bits per heavy atom. The lowest BCUT2D eigenvalue weighted by molar-refractivity contribution is 0.0979. The van der Waals surface area contributed by atoms with E-state index in [0.29, 0.717) is 12.1 Å². The molecular weight excluding hydrogens is 276 g/mol. The minimum atomic E-state index is 0.675. The molecule has 0 saturated carbocycles. The van der Waals surface area contributed by atoms with Crippen molar-refractivity contribution in [3.63, 3.8) is 0 Å². The molecule has 3 rings (SSSR count). The van der Waals surface area contributed by atoms with Gasteiger partial charge in [0.2, 0.25) is 0 Å². The third kappa shape index (κ3) is 3.46. The summed E-state index contributed by atoms with van der Waals surface area (Å²) in [6.07, 6.45) is 2.48. The second-order valence-corrected chi connectivity index (χ2v) is 8.17. The maximum absolute atomic E-state index is 3.72. The SMILES string of the molecule is CCC1CN(CC2Cc3ccccc3S2)C(C(C)C)CN1. The lowest BCUT2D eigenvalue weighted by Gasteiger charge is -2.43. The van der Waals surface area contributed by atoms with E-state index in [0.717, 1.165) is 17.7 Å². The van der Waals surface area contributed by atoms with E-state index in [4.69, 9.17) is 0 Å². The number of fused-ring (bicyclic) bond motifs is 1. The molecule has 0 aromatic heterocycles. The summed E-state index contributed by atoms with van der Waals surface area (Å²) in [7, 11) is 0. The minimum Gasteiger partial charge on any atom is -0.311 e. The first-order valence-corrected chi connectivity index (χ1v) is 9.27. The third-order valence-electron chi connectivity index (χ3n) is 4.95. The lowest BCUT2D eigenvalue weighted by atomic mass is 9.97. The van der Waals surface area contributed by atoms with Crippen molar-refractivity contribution in [2.45, 2.75) is 55.8 Å². The molecule has 1 N–H and O–H groups in total. The largest absolute Gasteiger partial charge is 0.311 e. The highest BCUT2D eigenvalue weighted by atomic mass is 32.2. The zero-order chi connectivity index (χ0) is 14.8. The summed E-state index contributed by atoms with van der Waals surface area (Å²) < 4.78 is 0. The highest BCUT2D eigenvalue weighted by molar-refractivity contribution is 8.00. The molecule has 2 aliphatic rings. The number of hydrogen-bond acceptors (Lipinski definition) is 3. The zero-order valence-electron chi connectivity index (χ0n) is 13.5. The van der Waals surface area contributed by atoms with Gasteiger partial charge < -0.3 is 5.32 Å². The predicted octanol–water partition coefficient (Wildman–Crippen LogP) is 3.41. The summed E-state index contributed by atoms with van der Waals surface area (Å²) in [4.78, 5) is 4.27. The van der Waals surface area contributed by atoms with Crippen molar-refractivity contribution >= 4 is 11.8 Å². The second-order valence-electron chi connectivity index (χ2n) is 6.83. The van der Waals surface area contributed by atoms with Gasteiger partial charge in [-0.1, -0.05) is 39.0 Å². The van der Waals surface area contributed by atoms with Crippen LogP contribution in [0.25, 0.3) is 0 Å². The number of nitrogens with one attached hydrogen (secondary N) is 1. The quantitative estimate of drug-likeness (QED) is 0.917. The summed E-state index contributed by atoms with van der Waals surface area (Å²) >= 11 is 2.09. The Bertz CT molecular complexity index is 449. The van der Waals surface area contributed by atoms with E-state index >= 15 is 0 Å². The van der Waals surface area contributed by atoms with Crippen LogP contribution in [0.15, 0.2) is 29.2 Å². The van der Waals surface area contributed by atoms with Crippen LogP contribution < -0.4 is 5.32 Å². The minimum absolute atomic E-state index is 0.675. The molecule has 1 saturated heterocycles. The number of benzene rings is 1. The Morgan fingerprint density at radius 2 is 2.14 bits per heavy atom. The van der Waals surface area contributed by atoms with Gasteiger partial charge in [0.05, 0.1) is 0 Å². The van der Waals surface area contributed by atoms with Crippen LogP contribution in [-0.2, 0) is 6.42 Å². The van der Waals surface area contributed by atoms with Crippen LogP contribution in [0.3, 0.4) is 0 Å². The van der Waals surface area contributed by atoms with Gasteiger partial charge in [-0.2, -0.15) is 0 Å². The van der Waals surface area contributed by atoms with Gasteiger partial charge >= 0.3 is 0 Å². The molecule has 1 fully saturated rings. The van der Waals surface area contributed by atoms with Crippen molar-refractivity contribution in [2.75, 3.05) is 19.6 Å². The molecule has 2 heterocycles. The van der Waals surface area contributed by atoms with Gasteiger partial charge in [0.1, 0.15) is 0 Å². The molecule has 2 aliphatic heterocycles. The molecule has 0 amide bonds. The molecule has 0 spiro atoms. The maximum atomic E-state index is 3.72. The van der Waals surface area contributed by atoms with Crippen molar-refractivity contribution in [3.05, 3.63) is 29.8 Å². The van der Waals surface area contributed by atoms with Gasteiger partial charge in [-0.05, 0) is 30.4 Å². The summed E-state index contributed by atoms with van der Waals surface area (Å²) in [5.74, 6) is 0.726. The van der Waals surface area contributed by atoms with E-state index in [1.54, 1.807) is 5.56 Å². The average Bonchev–Trinajstić information content (AvgIpc) is 2.89. The number of nitrogens with zero attached hydrogens (tertiary/aromatic N) is 1. The number of rotatable bonds is 4. The average molecular weight is 305 g/mol. The maximum Gasteiger partial charge on any atom is 0.0263 e. The molecule has 0 radical (unpaired) electrons. The van der Waals surface area contributed by atoms with Gasteiger partial charge in [-0.3, -0.25) is 4.90 Å². The normalized spacial score (nSPS) is 29.8. The number of thioether (sulfide) groups is 1. The topological polar surface area (TPSA) is 15.3 Å². The van der Waals surface area contributed by atoms with Crippen LogP contribution in [0, 0.1) is 5.92 Å². The summed E-state index contributed by atoms with van der Waals surface area (Å²) in [6.45, 7) is 10.6. The van der Waals surface area contributed by atoms with Crippen LogP contribution in [0.1, 0.15) is 32.8 Å². The Morgan fingerprint density at radius 1 is 1.33 bits per heavy atom. The van der Waals surface area contributed by atoms with Crippen molar-refractivity contribution in [1.82, 2.24) is 10.2 Å². The van der Waals surface area contributed by atoms with Crippen molar-refractivity contribution in [2.24, 2.45) is 5.92 Å². The van der Waals surface area contributed by atoms with Gasteiger partial charge in [-0.15, -0.1) is 11.8 Å². The van der Waals surface area contributed by atoms with E-state index in [1.165, 1.54) is 30.8 Å². The molecule has 116 valence electrons. The van der Waals surface area contributed by atoms with Crippen LogP contribution in [-0.4, -0.2) is 41.9 Å². The highest BCUT2D eigenvalue weighted by Crippen LogP contribution is 2.37. The number of hydrogen-bond donors (Lipinski definition) is 1. The summed E-state index contributed by atoms with van der Waals surface area (Å²) in [5.41, 5.74) is 1.55. The Hall–Kier alpha value is -0.510. The molecule has 21 heavy (non-hydrogen) atoms. The van der Waals surface area contributed by atoms with Crippen molar-refractivity contribution < 1.29 is 0 Å². The molecule has 1 aromatic carbocycles.